The number of hydrogen-bond donors (Lipinski definition) is 1. The normalized spacial score (nSPS) is 13.6. The molecule has 0 bridgehead atoms. The standard InChI is InChI=1S/C18H18N4O2S2/c23-16(21-8-6-15-14(11-21)7-9-25-15)12-26-18-20-19-17(24)22(18)10-13-4-2-1-3-5-13/h1-5,7,9H,6,8,10-12H2,(H,19,24). The number of hydrogen-bond acceptors (Lipinski definition) is 5. The Hall–Kier alpha value is -2.32. The molecule has 2 aromatic heterocycles. The van der Waals surface area contributed by atoms with Crippen LogP contribution in [0.4, 0.5) is 0 Å². The van der Waals surface area contributed by atoms with Gasteiger partial charge in [-0.3, -0.25) is 9.36 Å². The molecule has 0 atom stereocenters. The number of H-pyrrole nitrogens is 1. The SMILES string of the molecule is O=C(CSc1n[nH]c(=O)n1Cc1ccccc1)N1CCc2sccc2C1. The van der Waals surface area contributed by atoms with E-state index in [0.717, 1.165) is 18.5 Å². The molecule has 1 aliphatic heterocycles. The van der Waals surface area contributed by atoms with Gasteiger partial charge in [0.2, 0.25) is 5.91 Å². The topological polar surface area (TPSA) is 71.0 Å². The van der Waals surface area contributed by atoms with Crippen LogP contribution < -0.4 is 5.69 Å². The summed E-state index contributed by atoms with van der Waals surface area (Å²) in [6.07, 6.45) is 0.921. The van der Waals surface area contributed by atoms with Gasteiger partial charge in [0.25, 0.3) is 0 Å². The van der Waals surface area contributed by atoms with E-state index >= 15 is 0 Å². The van der Waals surface area contributed by atoms with Gasteiger partial charge in [-0.2, -0.15) is 0 Å². The smallest absolute Gasteiger partial charge is 0.337 e. The van der Waals surface area contributed by atoms with Crippen molar-refractivity contribution in [1.29, 1.82) is 0 Å². The van der Waals surface area contributed by atoms with Crippen molar-refractivity contribution in [2.75, 3.05) is 12.3 Å². The van der Waals surface area contributed by atoms with Crippen LogP contribution in [0.5, 0.6) is 0 Å². The van der Waals surface area contributed by atoms with Crippen molar-refractivity contribution < 1.29 is 4.79 Å². The maximum absolute atomic E-state index is 12.6. The van der Waals surface area contributed by atoms with Crippen LogP contribution in [0.25, 0.3) is 0 Å². The molecule has 3 aromatic rings. The van der Waals surface area contributed by atoms with E-state index in [4.69, 9.17) is 0 Å². The van der Waals surface area contributed by atoms with Crippen molar-refractivity contribution >= 4 is 29.0 Å². The van der Waals surface area contributed by atoms with Crippen LogP contribution >= 0.6 is 23.1 Å². The zero-order valence-electron chi connectivity index (χ0n) is 14.1. The largest absolute Gasteiger partial charge is 0.344 e. The van der Waals surface area contributed by atoms with E-state index in [1.54, 1.807) is 15.9 Å². The number of aromatic nitrogens is 3. The minimum absolute atomic E-state index is 0.0774. The summed E-state index contributed by atoms with van der Waals surface area (Å²) in [4.78, 5) is 27.9. The molecule has 0 aliphatic carbocycles. The van der Waals surface area contributed by atoms with Crippen LogP contribution in [0, 0.1) is 0 Å². The molecule has 1 N–H and O–H groups in total. The molecule has 8 heteroatoms. The second kappa shape index (κ2) is 7.51. The number of carbonyl (C=O) groups is 1. The Balaban J connectivity index is 1.41. The first-order valence-corrected chi connectivity index (χ1v) is 10.2. The van der Waals surface area contributed by atoms with E-state index in [-0.39, 0.29) is 17.3 Å². The van der Waals surface area contributed by atoms with E-state index < -0.39 is 0 Å². The molecular weight excluding hydrogens is 368 g/mol. The Morgan fingerprint density at radius 2 is 2.12 bits per heavy atom. The molecule has 4 rings (SSSR count). The molecule has 0 radical (unpaired) electrons. The fourth-order valence-electron chi connectivity index (χ4n) is 3.00. The van der Waals surface area contributed by atoms with Gasteiger partial charge in [0.1, 0.15) is 0 Å². The number of carbonyl (C=O) groups excluding carboxylic acids is 1. The summed E-state index contributed by atoms with van der Waals surface area (Å²) in [5.74, 6) is 0.354. The summed E-state index contributed by atoms with van der Waals surface area (Å²) in [6, 6.07) is 11.8. The highest BCUT2D eigenvalue weighted by Crippen LogP contribution is 2.25. The molecule has 0 unspecified atom stereocenters. The zero-order valence-corrected chi connectivity index (χ0v) is 15.7. The minimum Gasteiger partial charge on any atom is -0.337 e. The molecule has 0 saturated carbocycles. The second-order valence-corrected chi connectivity index (χ2v) is 8.05. The Labute approximate surface area is 158 Å². The quantitative estimate of drug-likeness (QED) is 0.684. The van der Waals surface area contributed by atoms with Gasteiger partial charge < -0.3 is 4.90 Å². The molecular formula is C18H18N4O2S2. The highest BCUT2D eigenvalue weighted by atomic mass is 32.2. The highest BCUT2D eigenvalue weighted by molar-refractivity contribution is 7.99. The third-order valence-corrected chi connectivity index (χ3v) is 6.38. The Kier molecular flexibility index (Phi) is 4.94. The average Bonchev–Trinajstić information content (AvgIpc) is 3.27. The summed E-state index contributed by atoms with van der Waals surface area (Å²) >= 11 is 3.06. The number of nitrogens with one attached hydrogen (secondary N) is 1. The van der Waals surface area contributed by atoms with Crippen molar-refractivity contribution in [3.63, 3.8) is 0 Å². The number of rotatable bonds is 5. The summed E-state index contributed by atoms with van der Waals surface area (Å²) in [5.41, 5.74) is 2.01. The number of aromatic amines is 1. The van der Waals surface area contributed by atoms with Crippen molar-refractivity contribution in [1.82, 2.24) is 19.7 Å². The lowest BCUT2D eigenvalue weighted by Gasteiger charge is -2.26. The minimum atomic E-state index is -0.260. The van der Waals surface area contributed by atoms with Gasteiger partial charge >= 0.3 is 5.69 Å². The fourth-order valence-corrected chi connectivity index (χ4v) is 4.74. The molecule has 1 amide bonds. The number of nitrogens with zero attached hydrogens (tertiary/aromatic N) is 3. The summed E-state index contributed by atoms with van der Waals surface area (Å²) < 4.78 is 1.57. The summed E-state index contributed by atoms with van der Waals surface area (Å²) in [6.45, 7) is 1.87. The van der Waals surface area contributed by atoms with Gasteiger partial charge in [-0.25, -0.2) is 9.89 Å². The van der Waals surface area contributed by atoms with Gasteiger partial charge in [-0.1, -0.05) is 42.1 Å². The van der Waals surface area contributed by atoms with Crippen molar-refractivity contribution in [3.8, 4) is 0 Å². The maximum Gasteiger partial charge on any atom is 0.344 e. The average molecular weight is 387 g/mol. The Bertz CT molecular complexity index is 961. The first-order chi connectivity index (χ1) is 12.7. The van der Waals surface area contributed by atoms with Gasteiger partial charge in [0.05, 0.1) is 12.3 Å². The van der Waals surface area contributed by atoms with Crippen LogP contribution in [0.2, 0.25) is 0 Å². The molecule has 134 valence electrons. The molecule has 0 spiro atoms. The monoisotopic (exact) mass is 386 g/mol. The molecule has 0 saturated heterocycles. The summed E-state index contributed by atoms with van der Waals surface area (Å²) in [7, 11) is 0. The summed E-state index contributed by atoms with van der Waals surface area (Å²) in [5, 5.41) is 9.18. The number of thioether (sulfide) groups is 1. The van der Waals surface area contributed by atoms with E-state index in [2.05, 4.69) is 21.6 Å². The predicted molar refractivity (Wildman–Crippen MR) is 103 cm³/mol. The number of fused-ring (bicyclic) bond motifs is 1. The van der Waals surface area contributed by atoms with E-state index in [0.29, 0.717) is 18.2 Å². The molecule has 0 fully saturated rings. The van der Waals surface area contributed by atoms with Gasteiger partial charge in [-0.05, 0) is 29.0 Å². The lowest BCUT2D eigenvalue weighted by Crippen LogP contribution is -2.36. The predicted octanol–water partition coefficient (Wildman–Crippen LogP) is 2.36. The maximum atomic E-state index is 12.6. The van der Waals surface area contributed by atoms with Crippen molar-refractivity contribution in [3.05, 3.63) is 68.3 Å². The first-order valence-electron chi connectivity index (χ1n) is 8.35. The van der Waals surface area contributed by atoms with Gasteiger partial charge in [0.15, 0.2) is 5.16 Å². The van der Waals surface area contributed by atoms with Gasteiger partial charge in [0, 0.05) is 18.0 Å². The van der Waals surface area contributed by atoms with Crippen molar-refractivity contribution in [2.24, 2.45) is 0 Å². The number of amides is 1. The van der Waals surface area contributed by atoms with Crippen LogP contribution in [-0.4, -0.2) is 37.9 Å². The first kappa shape index (κ1) is 17.1. The number of thiophene rings is 1. The lowest BCUT2D eigenvalue weighted by atomic mass is 10.1. The third kappa shape index (κ3) is 3.61. The fraction of sp³-hybridized carbons (Fsp3) is 0.278. The molecule has 26 heavy (non-hydrogen) atoms. The van der Waals surface area contributed by atoms with Crippen LogP contribution in [0.1, 0.15) is 16.0 Å². The van der Waals surface area contributed by atoms with Crippen molar-refractivity contribution in [2.45, 2.75) is 24.7 Å². The van der Waals surface area contributed by atoms with E-state index in [1.165, 1.54) is 22.2 Å². The lowest BCUT2D eigenvalue weighted by molar-refractivity contribution is -0.129. The number of benzene rings is 1. The molecule has 1 aromatic carbocycles. The molecule has 1 aliphatic rings. The molecule has 6 nitrogen and oxygen atoms in total. The van der Waals surface area contributed by atoms with E-state index in [1.807, 2.05) is 35.2 Å². The van der Waals surface area contributed by atoms with Crippen LogP contribution in [0.3, 0.4) is 0 Å². The Morgan fingerprint density at radius 3 is 2.96 bits per heavy atom. The van der Waals surface area contributed by atoms with Gasteiger partial charge in [-0.15, -0.1) is 16.4 Å². The third-order valence-electron chi connectivity index (χ3n) is 4.39. The highest BCUT2D eigenvalue weighted by Gasteiger charge is 2.22. The second-order valence-electron chi connectivity index (χ2n) is 6.11. The van der Waals surface area contributed by atoms with E-state index in [9.17, 15) is 9.59 Å². The van der Waals surface area contributed by atoms with Crippen LogP contribution in [-0.2, 0) is 24.3 Å². The Morgan fingerprint density at radius 1 is 1.27 bits per heavy atom. The zero-order chi connectivity index (χ0) is 17.9. The molecule has 3 heterocycles. The van der Waals surface area contributed by atoms with Crippen LogP contribution in [0.15, 0.2) is 51.7 Å².